The summed E-state index contributed by atoms with van der Waals surface area (Å²) in [5, 5.41) is 2.87. The third-order valence-corrected chi connectivity index (χ3v) is 6.74. The van der Waals surface area contributed by atoms with Crippen molar-refractivity contribution in [2.75, 3.05) is 23.7 Å². The van der Waals surface area contributed by atoms with E-state index in [1.165, 1.54) is 23.1 Å². The zero-order chi connectivity index (χ0) is 25.3. The Bertz CT molecular complexity index is 1090. The number of benzene rings is 2. The number of carbonyl (C=O) groups is 2. The fraction of sp³-hybridized carbons (Fsp3) is 0.440. The number of hydrogen-bond donors (Lipinski definition) is 1. The lowest BCUT2D eigenvalue weighted by atomic mass is 10.1. The number of amides is 2. The van der Waals surface area contributed by atoms with Crippen molar-refractivity contribution >= 4 is 27.5 Å². The summed E-state index contributed by atoms with van der Waals surface area (Å²) in [6.45, 7) is 5.71. The number of anilines is 1. The lowest BCUT2D eigenvalue weighted by Gasteiger charge is -2.33. The highest BCUT2D eigenvalue weighted by atomic mass is 32.2. The van der Waals surface area contributed by atoms with Gasteiger partial charge < -0.3 is 10.2 Å². The first-order valence-electron chi connectivity index (χ1n) is 11.4. The largest absolute Gasteiger partial charge is 0.354 e. The average Bonchev–Trinajstić information content (AvgIpc) is 2.78. The molecule has 2 aromatic rings. The Morgan fingerprint density at radius 1 is 1.06 bits per heavy atom. The summed E-state index contributed by atoms with van der Waals surface area (Å²) in [6, 6.07) is 12.1. The van der Waals surface area contributed by atoms with Crippen LogP contribution in [0.3, 0.4) is 0 Å². The van der Waals surface area contributed by atoms with Gasteiger partial charge in [0.15, 0.2) is 0 Å². The Morgan fingerprint density at radius 3 is 2.29 bits per heavy atom. The highest BCUT2D eigenvalue weighted by Crippen LogP contribution is 2.23. The monoisotopic (exact) mass is 491 g/mol. The first-order valence-corrected chi connectivity index (χ1v) is 13.3. The summed E-state index contributed by atoms with van der Waals surface area (Å²) >= 11 is 0. The molecule has 34 heavy (non-hydrogen) atoms. The molecule has 7 nitrogen and oxygen atoms in total. The molecule has 186 valence electrons. The third kappa shape index (κ3) is 7.28. The summed E-state index contributed by atoms with van der Waals surface area (Å²) in [6.07, 6.45) is 2.99. The van der Waals surface area contributed by atoms with Crippen LogP contribution in [-0.2, 0) is 26.2 Å². The number of rotatable bonds is 12. The van der Waals surface area contributed by atoms with Crippen molar-refractivity contribution in [3.05, 3.63) is 65.5 Å². The Morgan fingerprint density at radius 2 is 1.71 bits per heavy atom. The Labute approximate surface area is 202 Å². The predicted molar refractivity (Wildman–Crippen MR) is 132 cm³/mol. The molecule has 0 bridgehead atoms. The molecule has 1 atom stereocenters. The highest BCUT2D eigenvalue weighted by Gasteiger charge is 2.32. The van der Waals surface area contributed by atoms with Gasteiger partial charge >= 0.3 is 0 Å². The van der Waals surface area contributed by atoms with Crippen LogP contribution in [0.1, 0.15) is 44.2 Å². The lowest BCUT2D eigenvalue weighted by molar-refractivity contribution is -0.140. The molecule has 2 rings (SSSR count). The van der Waals surface area contributed by atoms with Crippen molar-refractivity contribution in [3.8, 4) is 0 Å². The van der Waals surface area contributed by atoms with Crippen LogP contribution < -0.4 is 9.62 Å². The molecule has 1 N–H and O–H groups in total. The van der Waals surface area contributed by atoms with Gasteiger partial charge in [-0.15, -0.1) is 0 Å². The van der Waals surface area contributed by atoms with E-state index in [0.29, 0.717) is 13.0 Å². The quantitative estimate of drug-likeness (QED) is 0.460. The second kappa shape index (κ2) is 12.5. The molecule has 9 heteroatoms. The first kappa shape index (κ1) is 27.3. The van der Waals surface area contributed by atoms with Crippen LogP contribution >= 0.6 is 0 Å². The Hall–Kier alpha value is -2.94. The molecular weight excluding hydrogens is 457 g/mol. The molecule has 0 spiro atoms. The van der Waals surface area contributed by atoms with Gasteiger partial charge in [0.2, 0.25) is 21.8 Å². The van der Waals surface area contributed by atoms with Gasteiger partial charge in [-0.1, -0.05) is 56.7 Å². The summed E-state index contributed by atoms with van der Waals surface area (Å²) in [4.78, 5) is 27.9. The van der Waals surface area contributed by atoms with Crippen molar-refractivity contribution < 1.29 is 22.4 Å². The standard InChI is InChI=1S/C25H34FN3O4S/c1-5-7-16-27-25(31)22(6-2)28(17-20-13-9-8-12-19(20)3)24(30)18-29(34(4,32)33)23-15-11-10-14-21(23)26/h8-15,22H,5-7,16-18H2,1-4H3,(H,27,31). The van der Waals surface area contributed by atoms with Crippen LogP contribution in [0.15, 0.2) is 48.5 Å². The number of nitrogens with one attached hydrogen (secondary N) is 1. The maximum atomic E-state index is 14.5. The molecule has 2 amide bonds. The van der Waals surface area contributed by atoms with E-state index in [0.717, 1.165) is 40.6 Å². The molecule has 0 aliphatic heterocycles. The molecule has 0 fully saturated rings. The van der Waals surface area contributed by atoms with Crippen LogP contribution in [0.5, 0.6) is 0 Å². The highest BCUT2D eigenvalue weighted by molar-refractivity contribution is 7.92. The molecular formula is C25H34FN3O4S. The van der Waals surface area contributed by atoms with E-state index in [2.05, 4.69) is 5.32 Å². The topological polar surface area (TPSA) is 86.8 Å². The zero-order valence-electron chi connectivity index (χ0n) is 20.3. The second-order valence-corrected chi connectivity index (χ2v) is 10.1. The number of para-hydroxylation sites is 1. The minimum Gasteiger partial charge on any atom is -0.354 e. The zero-order valence-corrected chi connectivity index (χ0v) is 21.1. The van der Waals surface area contributed by atoms with Crippen molar-refractivity contribution in [1.29, 1.82) is 0 Å². The maximum absolute atomic E-state index is 14.5. The SMILES string of the molecule is CCCCNC(=O)C(CC)N(Cc1ccccc1C)C(=O)CN(c1ccccc1F)S(C)(=O)=O. The van der Waals surface area contributed by atoms with E-state index < -0.39 is 34.3 Å². The van der Waals surface area contributed by atoms with E-state index in [4.69, 9.17) is 0 Å². The summed E-state index contributed by atoms with van der Waals surface area (Å²) < 4.78 is 40.2. The number of carbonyl (C=O) groups excluding carboxylic acids is 2. The molecule has 0 saturated carbocycles. The van der Waals surface area contributed by atoms with Gasteiger partial charge in [-0.25, -0.2) is 12.8 Å². The normalized spacial score (nSPS) is 12.1. The lowest BCUT2D eigenvalue weighted by Crippen LogP contribution is -2.52. The van der Waals surface area contributed by atoms with E-state index >= 15 is 0 Å². The van der Waals surface area contributed by atoms with E-state index in [-0.39, 0.29) is 18.1 Å². The van der Waals surface area contributed by atoms with Gasteiger partial charge in [0.25, 0.3) is 0 Å². The fourth-order valence-electron chi connectivity index (χ4n) is 3.65. The maximum Gasteiger partial charge on any atom is 0.244 e. The number of hydrogen-bond acceptors (Lipinski definition) is 4. The minimum absolute atomic E-state index is 0.125. The van der Waals surface area contributed by atoms with Crippen LogP contribution in [-0.4, -0.2) is 50.5 Å². The summed E-state index contributed by atoms with van der Waals surface area (Å²) in [7, 11) is -3.98. The van der Waals surface area contributed by atoms with Crippen molar-refractivity contribution in [2.24, 2.45) is 0 Å². The van der Waals surface area contributed by atoms with Crippen LogP contribution in [0, 0.1) is 12.7 Å². The Kier molecular flexibility index (Phi) is 10.0. The van der Waals surface area contributed by atoms with Crippen molar-refractivity contribution in [1.82, 2.24) is 10.2 Å². The van der Waals surface area contributed by atoms with E-state index in [1.54, 1.807) is 6.92 Å². The molecule has 0 aliphatic carbocycles. The Balaban J connectivity index is 2.43. The first-order chi connectivity index (χ1) is 16.1. The van der Waals surface area contributed by atoms with Crippen molar-refractivity contribution in [2.45, 2.75) is 52.6 Å². The molecule has 0 aliphatic rings. The van der Waals surface area contributed by atoms with Crippen LogP contribution in [0.2, 0.25) is 0 Å². The molecule has 1 unspecified atom stereocenters. The molecule has 0 saturated heterocycles. The van der Waals surface area contributed by atoms with Gasteiger partial charge in [-0.2, -0.15) is 0 Å². The second-order valence-electron chi connectivity index (χ2n) is 8.24. The van der Waals surface area contributed by atoms with Gasteiger partial charge in [0.1, 0.15) is 18.4 Å². The number of nitrogens with zero attached hydrogens (tertiary/aromatic N) is 2. The van der Waals surface area contributed by atoms with E-state index in [1.807, 2.05) is 38.1 Å². The van der Waals surface area contributed by atoms with Gasteiger partial charge in [0.05, 0.1) is 11.9 Å². The third-order valence-electron chi connectivity index (χ3n) is 5.62. The molecule has 0 heterocycles. The van der Waals surface area contributed by atoms with E-state index in [9.17, 15) is 22.4 Å². The van der Waals surface area contributed by atoms with Gasteiger partial charge in [-0.05, 0) is 43.0 Å². The predicted octanol–water partition coefficient (Wildman–Crippen LogP) is 3.62. The number of halogens is 1. The van der Waals surface area contributed by atoms with Gasteiger partial charge in [-0.3, -0.25) is 13.9 Å². The summed E-state index contributed by atoms with van der Waals surface area (Å²) in [5.41, 5.74) is 1.57. The average molecular weight is 492 g/mol. The van der Waals surface area contributed by atoms with Crippen LogP contribution in [0.25, 0.3) is 0 Å². The van der Waals surface area contributed by atoms with Crippen LogP contribution in [0.4, 0.5) is 10.1 Å². The molecule has 0 aromatic heterocycles. The summed E-state index contributed by atoms with van der Waals surface area (Å²) in [5.74, 6) is -1.64. The van der Waals surface area contributed by atoms with Crippen molar-refractivity contribution in [3.63, 3.8) is 0 Å². The minimum atomic E-state index is -3.98. The number of sulfonamides is 1. The number of unbranched alkanes of at least 4 members (excludes halogenated alkanes) is 1. The molecule has 0 radical (unpaired) electrons. The smallest absolute Gasteiger partial charge is 0.244 e. The number of aryl methyl sites for hydroxylation is 1. The van der Waals surface area contributed by atoms with Gasteiger partial charge in [0, 0.05) is 13.1 Å². The fourth-order valence-corrected chi connectivity index (χ4v) is 4.50. The molecule has 2 aromatic carbocycles.